The smallest absolute Gasteiger partial charge is 0.407 e. The van der Waals surface area contributed by atoms with E-state index in [0.29, 0.717) is 6.54 Å². The number of hydrogen-bond donors (Lipinski definition) is 2. The van der Waals surface area contributed by atoms with Crippen molar-refractivity contribution in [3.8, 4) is 0 Å². The minimum Gasteiger partial charge on any atom is -0.444 e. The summed E-state index contributed by atoms with van der Waals surface area (Å²) < 4.78 is 7.28. The van der Waals surface area contributed by atoms with Gasteiger partial charge in [-0.2, -0.15) is 0 Å². The minimum atomic E-state index is -0.452. The lowest BCUT2D eigenvalue weighted by Gasteiger charge is -2.19. The monoisotopic (exact) mass is 383 g/mol. The van der Waals surface area contributed by atoms with E-state index in [0.717, 1.165) is 54.7 Å². The predicted molar refractivity (Wildman–Crippen MR) is 112 cm³/mol. The molecule has 0 atom stereocenters. The molecule has 0 spiro atoms. The van der Waals surface area contributed by atoms with Crippen LogP contribution in [0, 0.1) is 0 Å². The molecule has 0 aliphatic heterocycles. The molecule has 7 nitrogen and oxygen atoms in total. The molecule has 1 aromatic carbocycles. The number of unbranched alkanes of at least 4 members (excludes halogenated alkanes) is 3. The first kappa shape index (κ1) is 19.9. The Labute approximate surface area is 165 Å². The highest BCUT2D eigenvalue weighted by molar-refractivity contribution is 5.82. The van der Waals surface area contributed by atoms with Gasteiger partial charge in [-0.3, -0.25) is 4.40 Å². The summed E-state index contributed by atoms with van der Waals surface area (Å²) in [5.41, 5.74) is 2.40. The lowest BCUT2D eigenvalue weighted by molar-refractivity contribution is 0.0527. The molecular formula is C21H29N5O2. The lowest BCUT2D eigenvalue weighted by Crippen LogP contribution is -2.32. The maximum atomic E-state index is 11.6. The van der Waals surface area contributed by atoms with Gasteiger partial charge in [0.25, 0.3) is 0 Å². The topological polar surface area (TPSA) is 80.5 Å². The lowest BCUT2D eigenvalue weighted by atomic mass is 10.2. The number of anilines is 1. The average Bonchev–Trinajstić information content (AvgIpc) is 3.12. The van der Waals surface area contributed by atoms with Crippen molar-refractivity contribution < 1.29 is 9.53 Å². The van der Waals surface area contributed by atoms with Crippen LogP contribution in [-0.4, -0.2) is 39.2 Å². The van der Waals surface area contributed by atoms with Crippen LogP contribution in [0.5, 0.6) is 0 Å². The van der Waals surface area contributed by atoms with Gasteiger partial charge in [-0.25, -0.2) is 14.8 Å². The second-order valence-corrected chi connectivity index (χ2v) is 7.84. The first-order valence-corrected chi connectivity index (χ1v) is 9.86. The third kappa shape index (κ3) is 5.34. The highest BCUT2D eigenvalue weighted by Gasteiger charge is 2.15. The number of carbonyl (C=O) groups is 1. The predicted octanol–water partition coefficient (Wildman–Crippen LogP) is 4.38. The number of imidazole rings is 1. The van der Waals surface area contributed by atoms with Crippen molar-refractivity contribution in [2.75, 3.05) is 18.4 Å². The Morgan fingerprint density at radius 2 is 1.86 bits per heavy atom. The number of para-hydroxylation sites is 2. The van der Waals surface area contributed by atoms with Crippen LogP contribution in [0.4, 0.5) is 10.6 Å². The molecule has 0 saturated carbocycles. The van der Waals surface area contributed by atoms with Crippen LogP contribution in [0.2, 0.25) is 0 Å². The molecule has 3 aromatic rings. The van der Waals surface area contributed by atoms with E-state index in [1.165, 1.54) is 0 Å². The minimum absolute atomic E-state index is 0.347. The van der Waals surface area contributed by atoms with Crippen molar-refractivity contribution in [1.29, 1.82) is 0 Å². The zero-order valence-corrected chi connectivity index (χ0v) is 16.9. The number of nitrogens with zero attached hydrogens (tertiary/aromatic N) is 3. The van der Waals surface area contributed by atoms with Gasteiger partial charge in [0, 0.05) is 25.5 Å². The van der Waals surface area contributed by atoms with Crippen molar-refractivity contribution >= 4 is 28.6 Å². The number of alkyl carbamates (subject to hydrolysis) is 1. The number of hydrogen-bond acceptors (Lipinski definition) is 5. The number of carbonyl (C=O) groups excluding carboxylic acids is 1. The molecule has 0 bridgehead atoms. The zero-order chi connectivity index (χ0) is 20.0. The molecule has 28 heavy (non-hydrogen) atoms. The van der Waals surface area contributed by atoms with Gasteiger partial charge in [0.05, 0.1) is 11.0 Å². The van der Waals surface area contributed by atoms with Crippen molar-refractivity contribution in [2.45, 2.75) is 52.1 Å². The maximum absolute atomic E-state index is 11.6. The van der Waals surface area contributed by atoms with E-state index in [1.54, 1.807) is 6.20 Å². The number of amides is 1. The Morgan fingerprint density at radius 1 is 1.11 bits per heavy atom. The van der Waals surface area contributed by atoms with Gasteiger partial charge >= 0.3 is 6.09 Å². The summed E-state index contributed by atoms with van der Waals surface area (Å²) in [5, 5.41) is 6.21. The summed E-state index contributed by atoms with van der Waals surface area (Å²) in [6.07, 6.45) is 7.53. The molecule has 2 N–H and O–H groups in total. The van der Waals surface area contributed by atoms with E-state index in [-0.39, 0.29) is 6.09 Å². The molecule has 0 radical (unpaired) electrons. The van der Waals surface area contributed by atoms with E-state index >= 15 is 0 Å². The number of aromatic nitrogens is 3. The van der Waals surface area contributed by atoms with E-state index in [1.807, 2.05) is 51.2 Å². The molecule has 0 unspecified atom stereocenters. The molecule has 0 aliphatic rings. The van der Waals surface area contributed by atoms with Gasteiger partial charge < -0.3 is 15.4 Å². The van der Waals surface area contributed by atoms with E-state index in [2.05, 4.69) is 20.0 Å². The number of nitrogens with one attached hydrogen (secondary N) is 2. The number of benzene rings is 1. The number of ether oxygens (including phenoxy) is 1. The fourth-order valence-corrected chi connectivity index (χ4v) is 3.04. The largest absolute Gasteiger partial charge is 0.444 e. The Kier molecular flexibility index (Phi) is 6.34. The first-order chi connectivity index (χ1) is 13.4. The van der Waals surface area contributed by atoms with Crippen LogP contribution < -0.4 is 10.6 Å². The van der Waals surface area contributed by atoms with Crippen molar-refractivity contribution in [1.82, 2.24) is 19.7 Å². The highest BCUT2D eigenvalue weighted by atomic mass is 16.6. The van der Waals surface area contributed by atoms with Gasteiger partial charge in [-0.05, 0) is 45.7 Å². The normalized spacial score (nSPS) is 11.7. The summed E-state index contributed by atoms with van der Waals surface area (Å²) in [5.74, 6) is 0.815. The summed E-state index contributed by atoms with van der Waals surface area (Å²) in [6, 6.07) is 8.06. The quantitative estimate of drug-likeness (QED) is 0.564. The zero-order valence-electron chi connectivity index (χ0n) is 16.9. The van der Waals surface area contributed by atoms with Crippen molar-refractivity contribution in [2.24, 2.45) is 0 Å². The molecule has 0 aliphatic carbocycles. The van der Waals surface area contributed by atoms with Crippen molar-refractivity contribution in [3.05, 3.63) is 36.7 Å². The standard InChI is InChI=1S/C21H29N5O2/c1-21(2,3)28-20(27)24-13-9-5-4-8-12-22-18-19-23-14-15-26(19)17-11-7-6-10-16(17)25-18/h6-7,10-11,14-15H,4-5,8-9,12-13H2,1-3H3,(H,22,25)(H,24,27). The Balaban J connectivity index is 1.39. The molecular weight excluding hydrogens is 354 g/mol. The van der Waals surface area contributed by atoms with Gasteiger partial charge in [0.15, 0.2) is 11.5 Å². The van der Waals surface area contributed by atoms with E-state index in [4.69, 9.17) is 9.72 Å². The maximum Gasteiger partial charge on any atom is 0.407 e. The van der Waals surface area contributed by atoms with E-state index < -0.39 is 5.60 Å². The second kappa shape index (κ2) is 8.91. The van der Waals surface area contributed by atoms with Gasteiger partial charge in [0.2, 0.25) is 0 Å². The van der Waals surface area contributed by atoms with Crippen LogP contribution in [-0.2, 0) is 4.74 Å². The molecule has 1 amide bonds. The van der Waals surface area contributed by atoms with Gasteiger partial charge in [0.1, 0.15) is 5.60 Å². The molecule has 2 aromatic heterocycles. The fraction of sp³-hybridized carbons (Fsp3) is 0.476. The third-order valence-electron chi connectivity index (χ3n) is 4.29. The molecule has 0 saturated heterocycles. The Bertz CT molecular complexity index is 929. The highest BCUT2D eigenvalue weighted by Crippen LogP contribution is 2.20. The van der Waals surface area contributed by atoms with Crippen LogP contribution in [0.15, 0.2) is 36.7 Å². The SMILES string of the molecule is CC(C)(C)OC(=O)NCCCCCCNc1nc2ccccc2n2ccnc12. The molecule has 3 rings (SSSR count). The van der Waals surface area contributed by atoms with Crippen LogP contribution in [0.1, 0.15) is 46.5 Å². The second-order valence-electron chi connectivity index (χ2n) is 7.84. The summed E-state index contributed by atoms with van der Waals surface area (Å²) in [4.78, 5) is 20.7. The van der Waals surface area contributed by atoms with Gasteiger partial charge in [-0.15, -0.1) is 0 Å². The molecule has 150 valence electrons. The fourth-order valence-electron chi connectivity index (χ4n) is 3.04. The van der Waals surface area contributed by atoms with E-state index in [9.17, 15) is 4.79 Å². The summed E-state index contributed by atoms with van der Waals surface area (Å²) in [7, 11) is 0. The average molecular weight is 383 g/mol. The molecule has 0 fully saturated rings. The first-order valence-electron chi connectivity index (χ1n) is 9.86. The van der Waals surface area contributed by atoms with Crippen molar-refractivity contribution in [3.63, 3.8) is 0 Å². The Hall–Kier alpha value is -2.83. The molecule has 2 heterocycles. The van der Waals surface area contributed by atoms with Crippen LogP contribution >= 0.6 is 0 Å². The number of rotatable bonds is 8. The summed E-state index contributed by atoms with van der Waals surface area (Å²) >= 11 is 0. The van der Waals surface area contributed by atoms with Crippen LogP contribution in [0.25, 0.3) is 16.7 Å². The van der Waals surface area contributed by atoms with Gasteiger partial charge in [-0.1, -0.05) is 25.0 Å². The van der Waals surface area contributed by atoms with Crippen LogP contribution in [0.3, 0.4) is 0 Å². The summed E-state index contributed by atoms with van der Waals surface area (Å²) in [6.45, 7) is 7.07. The Morgan fingerprint density at radius 3 is 2.64 bits per heavy atom. The number of fused-ring (bicyclic) bond motifs is 3. The third-order valence-corrected chi connectivity index (χ3v) is 4.29. The molecule has 7 heteroatoms.